The summed E-state index contributed by atoms with van der Waals surface area (Å²) in [4.78, 5) is 10.6. The van der Waals surface area contributed by atoms with Gasteiger partial charge in [-0.1, -0.05) is 5.21 Å². The molecule has 0 bridgehead atoms. The van der Waals surface area contributed by atoms with Crippen LogP contribution in [0.25, 0.3) is 0 Å². The van der Waals surface area contributed by atoms with E-state index in [-0.39, 0.29) is 11.7 Å². The maximum Gasteiger partial charge on any atom is 0.358 e. The number of nitrogens with zero attached hydrogens (tertiary/aromatic N) is 3. The summed E-state index contributed by atoms with van der Waals surface area (Å²) in [5, 5.41) is 19.2. The molecule has 1 unspecified atom stereocenters. The first-order chi connectivity index (χ1) is 8.66. The third kappa shape index (κ3) is 2.95. The monoisotopic (exact) mass is 250 g/mol. The Kier molecular flexibility index (Phi) is 3.73. The van der Waals surface area contributed by atoms with Crippen molar-refractivity contribution in [2.45, 2.75) is 19.5 Å². The Morgan fingerprint density at radius 2 is 2.50 bits per heavy atom. The topological polar surface area (TPSA) is 93.2 Å². The lowest BCUT2D eigenvalue weighted by molar-refractivity contribution is 0.0690. The number of aromatic nitrogens is 3. The minimum absolute atomic E-state index is 0.0471. The van der Waals surface area contributed by atoms with Crippen LogP contribution in [0.5, 0.6) is 0 Å². The number of carboxylic acids is 1. The number of rotatable bonds is 6. The van der Waals surface area contributed by atoms with E-state index in [1.54, 1.807) is 6.26 Å². The van der Waals surface area contributed by atoms with E-state index in [4.69, 9.17) is 9.52 Å². The van der Waals surface area contributed by atoms with E-state index in [0.717, 1.165) is 5.76 Å². The normalized spacial score (nSPS) is 12.5. The Bertz CT molecular complexity index is 506. The Hall–Kier alpha value is -2.15. The van der Waals surface area contributed by atoms with Gasteiger partial charge in [0.25, 0.3) is 0 Å². The number of furan rings is 1. The highest BCUT2D eigenvalue weighted by molar-refractivity contribution is 5.84. The zero-order valence-corrected chi connectivity index (χ0v) is 9.91. The zero-order chi connectivity index (χ0) is 13.0. The van der Waals surface area contributed by atoms with Crippen molar-refractivity contribution in [3.05, 3.63) is 36.0 Å². The van der Waals surface area contributed by atoms with Gasteiger partial charge in [0.2, 0.25) is 0 Å². The summed E-state index contributed by atoms with van der Waals surface area (Å²) in [6, 6.07) is 3.84. The average molecular weight is 250 g/mol. The molecule has 0 radical (unpaired) electrons. The maximum atomic E-state index is 10.6. The molecule has 0 amide bonds. The lowest BCUT2D eigenvalue weighted by atomic mass is 10.2. The quantitative estimate of drug-likeness (QED) is 0.791. The van der Waals surface area contributed by atoms with Crippen LogP contribution in [-0.4, -0.2) is 32.6 Å². The molecule has 0 saturated carbocycles. The number of hydrogen-bond donors (Lipinski definition) is 2. The largest absolute Gasteiger partial charge is 0.476 e. The van der Waals surface area contributed by atoms with Gasteiger partial charge in [0.05, 0.1) is 25.0 Å². The molecular formula is C11H14N4O3. The molecule has 7 heteroatoms. The summed E-state index contributed by atoms with van der Waals surface area (Å²) in [5.41, 5.74) is -0.0471. The van der Waals surface area contributed by atoms with Gasteiger partial charge in [-0.3, -0.25) is 4.68 Å². The number of nitrogens with one attached hydrogen (secondary N) is 1. The van der Waals surface area contributed by atoms with Crippen molar-refractivity contribution in [2.75, 3.05) is 6.54 Å². The Balaban J connectivity index is 1.79. The molecular weight excluding hydrogens is 236 g/mol. The van der Waals surface area contributed by atoms with Crippen LogP contribution in [0.15, 0.2) is 29.0 Å². The van der Waals surface area contributed by atoms with Crippen molar-refractivity contribution in [1.82, 2.24) is 20.3 Å². The molecule has 0 aliphatic rings. The van der Waals surface area contributed by atoms with E-state index in [1.165, 1.54) is 10.9 Å². The van der Waals surface area contributed by atoms with Gasteiger partial charge < -0.3 is 14.8 Å². The molecule has 18 heavy (non-hydrogen) atoms. The van der Waals surface area contributed by atoms with Crippen LogP contribution in [-0.2, 0) is 6.54 Å². The van der Waals surface area contributed by atoms with Crippen LogP contribution in [0.2, 0.25) is 0 Å². The van der Waals surface area contributed by atoms with Crippen molar-refractivity contribution in [2.24, 2.45) is 0 Å². The fourth-order valence-corrected chi connectivity index (χ4v) is 1.54. The lowest BCUT2D eigenvalue weighted by Gasteiger charge is -2.10. The fourth-order valence-electron chi connectivity index (χ4n) is 1.54. The van der Waals surface area contributed by atoms with E-state index in [2.05, 4.69) is 15.6 Å². The van der Waals surface area contributed by atoms with Gasteiger partial charge in [-0.2, -0.15) is 0 Å². The third-order valence-corrected chi connectivity index (χ3v) is 2.52. The van der Waals surface area contributed by atoms with Gasteiger partial charge in [-0.15, -0.1) is 5.10 Å². The van der Waals surface area contributed by atoms with E-state index >= 15 is 0 Å². The molecule has 96 valence electrons. The molecule has 2 aromatic rings. The molecule has 2 N–H and O–H groups in total. The summed E-state index contributed by atoms with van der Waals surface area (Å²) in [5.74, 6) is -0.210. The molecule has 2 heterocycles. The van der Waals surface area contributed by atoms with E-state index < -0.39 is 5.97 Å². The summed E-state index contributed by atoms with van der Waals surface area (Å²) >= 11 is 0. The highest BCUT2D eigenvalue weighted by Crippen LogP contribution is 2.11. The Morgan fingerprint density at radius 1 is 1.67 bits per heavy atom. The molecule has 0 fully saturated rings. The molecule has 0 saturated heterocycles. The van der Waals surface area contributed by atoms with Gasteiger partial charge in [-0.25, -0.2) is 4.79 Å². The minimum atomic E-state index is -1.07. The fraction of sp³-hybridized carbons (Fsp3) is 0.364. The van der Waals surface area contributed by atoms with Gasteiger partial charge in [-0.05, 0) is 19.1 Å². The van der Waals surface area contributed by atoms with Gasteiger partial charge in [0, 0.05) is 6.54 Å². The first-order valence-corrected chi connectivity index (χ1v) is 5.57. The van der Waals surface area contributed by atoms with Crippen molar-refractivity contribution in [3.8, 4) is 0 Å². The molecule has 0 aliphatic carbocycles. The average Bonchev–Trinajstić information content (AvgIpc) is 3.00. The Labute approximate surface area is 103 Å². The van der Waals surface area contributed by atoms with Crippen LogP contribution in [0.4, 0.5) is 0 Å². The summed E-state index contributed by atoms with van der Waals surface area (Å²) in [6.07, 6.45) is 3.03. The minimum Gasteiger partial charge on any atom is -0.476 e. The van der Waals surface area contributed by atoms with Gasteiger partial charge in [0.1, 0.15) is 5.76 Å². The van der Waals surface area contributed by atoms with Gasteiger partial charge >= 0.3 is 5.97 Å². The van der Waals surface area contributed by atoms with Crippen LogP contribution in [0, 0.1) is 0 Å². The highest BCUT2D eigenvalue weighted by Gasteiger charge is 2.09. The van der Waals surface area contributed by atoms with Crippen LogP contribution < -0.4 is 5.32 Å². The number of carbonyl (C=O) groups is 1. The smallest absolute Gasteiger partial charge is 0.358 e. The van der Waals surface area contributed by atoms with Crippen LogP contribution >= 0.6 is 0 Å². The predicted octanol–water partition coefficient (Wildman–Crippen LogP) is 0.920. The van der Waals surface area contributed by atoms with Crippen LogP contribution in [0.1, 0.15) is 29.2 Å². The SMILES string of the molecule is CC(NCCn1cc(C(=O)O)nn1)c1ccco1. The molecule has 0 spiro atoms. The molecule has 1 atom stereocenters. The predicted molar refractivity (Wildman–Crippen MR) is 62.1 cm³/mol. The number of carboxylic acid groups (broad SMARTS) is 1. The summed E-state index contributed by atoms with van der Waals surface area (Å²) in [7, 11) is 0. The van der Waals surface area contributed by atoms with E-state index in [0.29, 0.717) is 13.1 Å². The summed E-state index contributed by atoms with van der Waals surface area (Å²) in [6.45, 7) is 3.18. The molecule has 2 rings (SSSR count). The highest BCUT2D eigenvalue weighted by atomic mass is 16.4. The second kappa shape index (κ2) is 5.46. The van der Waals surface area contributed by atoms with Crippen molar-refractivity contribution < 1.29 is 14.3 Å². The Morgan fingerprint density at radius 3 is 3.11 bits per heavy atom. The number of hydrogen-bond acceptors (Lipinski definition) is 5. The van der Waals surface area contributed by atoms with Crippen LogP contribution in [0.3, 0.4) is 0 Å². The molecule has 7 nitrogen and oxygen atoms in total. The van der Waals surface area contributed by atoms with E-state index in [9.17, 15) is 4.79 Å². The molecule has 0 aromatic carbocycles. The second-order valence-corrected chi connectivity index (χ2v) is 3.86. The van der Waals surface area contributed by atoms with Crippen molar-refractivity contribution in [3.63, 3.8) is 0 Å². The molecule has 2 aromatic heterocycles. The van der Waals surface area contributed by atoms with Gasteiger partial charge in [0.15, 0.2) is 5.69 Å². The second-order valence-electron chi connectivity index (χ2n) is 3.86. The first-order valence-electron chi connectivity index (χ1n) is 5.57. The standard InChI is InChI=1S/C11H14N4O3/c1-8(10-3-2-6-18-10)12-4-5-15-7-9(11(16)17)13-14-15/h2-3,6-8,12H,4-5H2,1H3,(H,16,17). The number of aromatic carboxylic acids is 1. The third-order valence-electron chi connectivity index (χ3n) is 2.52. The summed E-state index contributed by atoms with van der Waals surface area (Å²) < 4.78 is 6.75. The zero-order valence-electron chi connectivity index (χ0n) is 9.91. The maximum absolute atomic E-state index is 10.6. The first kappa shape index (κ1) is 12.3. The van der Waals surface area contributed by atoms with Crippen molar-refractivity contribution >= 4 is 5.97 Å². The van der Waals surface area contributed by atoms with E-state index in [1.807, 2.05) is 19.1 Å². The lowest BCUT2D eigenvalue weighted by Crippen LogP contribution is -2.23. The molecule has 0 aliphatic heterocycles. The van der Waals surface area contributed by atoms with Crippen molar-refractivity contribution in [1.29, 1.82) is 0 Å².